The van der Waals surface area contributed by atoms with Crippen LogP contribution in [0.4, 0.5) is 0 Å². The summed E-state index contributed by atoms with van der Waals surface area (Å²) in [4.78, 5) is 13.0. The maximum absolute atomic E-state index is 13.0. The van der Waals surface area contributed by atoms with E-state index in [1.54, 1.807) is 6.08 Å². The molecule has 350 valence electrons. The van der Waals surface area contributed by atoms with Gasteiger partial charge in [-0.2, -0.15) is 8.42 Å². The zero-order chi connectivity index (χ0) is 43.4. The number of allylic oxidation sites excluding steroid dienone is 1. The van der Waals surface area contributed by atoms with Crippen molar-refractivity contribution in [3.8, 4) is 0 Å². The van der Waals surface area contributed by atoms with Crippen LogP contribution >= 0.6 is 0 Å². The lowest BCUT2D eigenvalue weighted by atomic mass is 9.99. The lowest BCUT2D eigenvalue weighted by Crippen LogP contribution is -2.61. The Kier molecular flexibility index (Phi) is 35.4. The molecule has 6 N–H and O–H groups in total. The number of amides is 1. The summed E-state index contributed by atoms with van der Waals surface area (Å²) < 4.78 is 47.5. The fourth-order valence-electron chi connectivity index (χ4n) is 7.81. The van der Waals surface area contributed by atoms with Crippen LogP contribution in [0.1, 0.15) is 219 Å². The fraction of sp³-hybridized carbons (Fsp3) is 0.935. The highest BCUT2D eigenvalue weighted by Gasteiger charge is 2.48. The third kappa shape index (κ3) is 30.5. The molecule has 1 fully saturated rings. The Balaban J connectivity index is 2.35. The molecule has 12 nitrogen and oxygen atoms in total. The molecule has 0 spiro atoms. The van der Waals surface area contributed by atoms with E-state index in [1.807, 2.05) is 6.08 Å². The van der Waals surface area contributed by atoms with Crippen LogP contribution in [0, 0.1) is 0 Å². The van der Waals surface area contributed by atoms with Crippen LogP contribution in [0.3, 0.4) is 0 Å². The number of hydrogen-bond acceptors (Lipinski definition) is 10. The molecular formula is C46H89NO11S. The third-order valence-corrected chi connectivity index (χ3v) is 12.0. The SMILES string of the molecule is CCCCCCCCC/C=C/[C@@H](O)[C@H](COC1OC(CO)C(O)C(OS(=O)(=O)O)C1O)NC(=O)CCCCCCCCCCCCCCCCCCCCCCCCC. The van der Waals surface area contributed by atoms with E-state index in [0.29, 0.717) is 6.42 Å². The predicted molar refractivity (Wildman–Crippen MR) is 236 cm³/mol. The molecule has 0 aliphatic carbocycles. The van der Waals surface area contributed by atoms with Crippen LogP contribution < -0.4 is 5.32 Å². The lowest BCUT2D eigenvalue weighted by molar-refractivity contribution is -0.298. The Bertz CT molecular complexity index is 1110. The molecule has 1 aliphatic rings. The zero-order valence-electron chi connectivity index (χ0n) is 37.3. The van der Waals surface area contributed by atoms with E-state index in [9.17, 15) is 33.6 Å². The number of aliphatic hydroxyl groups is 4. The predicted octanol–water partition coefficient (Wildman–Crippen LogP) is 9.55. The Morgan fingerprint density at radius 1 is 0.661 bits per heavy atom. The summed E-state index contributed by atoms with van der Waals surface area (Å²) in [7, 11) is -5.08. The maximum atomic E-state index is 13.0. The largest absolute Gasteiger partial charge is 0.397 e. The minimum Gasteiger partial charge on any atom is -0.394 e. The number of unbranched alkanes of at least 4 members (excludes halogenated alkanes) is 29. The first kappa shape index (κ1) is 55.9. The molecule has 59 heavy (non-hydrogen) atoms. The standard InChI is InChI=1S/C46H89NO11S/c1-3-5-7-9-11-13-14-15-16-17-18-19-20-21-22-23-24-25-26-28-30-32-34-36-42(50)47-39(40(49)35-33-31-29-27-12-10-8-6-4-2)38-56-46-44(52)45(58-59(53,54)55)43(51)41(37-48)57-46/h33,35,39-41,43-46,48-49,51-52H,3-32,34,36-38H2,1-2H3,(H,47,50)(H,53,54,55)/b35-33+/t39-,40+,41?,43?,44?,45?,46?/m0/s1. The minimum atomic E-state index is -5.08. The molecule has 1 amide bonds. The van der Waals surface area contributed by atoms with Crippen molar-refractivity contribution in [2.45, 2.75) is 262 Å². The van der Waals surface area contributed by atoms with Crippen molar-refractivity contribution in [1.29, 1.82) is 0 Å². The summed E-state index contributed by atoms with van der Waals surface area (Å²) in [5.74, 6) is -0.261. The van der Waals surface area contributed by atoms with Crippen molar-refractivity contribution in [3.63, 3.8) is 0 Å². The van der Waals surface area contributed by atoms with Crippen molar-refractivity contribution < 1.29 is 51.8 Å². The molecule has 0 saturated carbocycles. The number of nitrogens with one attached hydrogen (secondary N) is 1. The first-order chi connectivity index (χ1) is 28.5. The average Bonchev–Trinajstić information content (AvgIpc) is 3.20. The van der Waals surface area contributed by atoms with Gasteiger partial charge in [0.1, 0.15) is 24.4 Å². The van der Waals surface area contributed by atoms with E-state index >= 15 is 0 Å². The molecule has 0 bridgehead atoms. The zero-order valence-corrected chi connectivity index (χ0v) is 38.1. The Hall–Kier alpha value is -1.16. The molecule has 0 aromatic heterocycles. The van der Waals surface area contributed by atoms with Crippen LogP contribution in [-0.4, -0.2) is 95.4 Å². The first-order valence-corrected chi connectivity index (χ1v) is 25.4. The Morgan fingerprint density at radius 3 is 1.47 bits per heavy atom. The molecule has 0 aromatic carbocycles. The number of aliphatic hydroxyl groups excluding tert-OH is 4. The molecule has 7 atom stereocenters. The van der Waals surface area contributed by atoms with E-state index in [1.165, 1.54) is 148 Å². The summed E-state index contributed by atoms with van der Waals surface area (Å²) in [6, 6.07) is -0.937. The minimum absolute atomic E-state index is 0.261. The average molecular weight is 864 g/mol. The van der Waals surface area contributed by atoms with Crippen LogP contribution in [0.25, 0.3) is 0 Å². The molecule has 1 heterocycles. The van der Waals surface area contributed by atoms with Gasteiger partial charge in [-0.05, 0) is 19.3 Å². The highest BCUT2D eigenvalue weighted by Crippen LogP contribution is 2.26. The van der Waals surface area contributed by atoms with Gasteiger partial charge < -0.3 is 35.2 Å². The summed E-state index contributed by atoms with van der Waals surface area (Å²) in [5, 5.41) is 44.6. The van der Waals surface area contributed by atoms with Crippen LogP contribution in [0.5, 0.6) is 0 Å². The molecule has 1 aliphatic heterocycles. The van der Waals surface area contributed by atoms with Crippen molar-refractivity contribution in [2.75, 3.05) is 13.2 Å². The summed E-state index contributed by atoms with van der Waals surface area (Å²) in [5.41, 5.74) is 0. The van der Waals surface area contributed by atoms with E-state index in [4.69, 9.17) is 14.0 Å². The highest BCUT2D eigenvalue weighted by atomic mass is 32.3. The van der Waals surface area contributed by atoms with Crippen molar-refractivity contribution >= 4 is 16.3 Å². The summed E-state index contributed by atoms with van der Waals surface area (Å²) in [6.45, 7) is 3.36. The fourth-order valence-corrected chi connectivity index (χ4v) is 8.32. The van der Waals surface area contributed by atoms with Crippen LogP contribution in [-0.2, 0) is 28.9 Å². The van der Waals surface area contributed by atoms with Crippen molar-refractivity contribution in [2.24, 2.45) is 0 Å². The van der Waals surface area contributed by atoms with Gasteiger partial charge in [0.05, 0.1) is 25.4 Å². The van der Waals surface area contributed by atoms with Gasteiger partial charge in [0.15, 0.2) is 6.29 Å². The van der Waals surface area contributed by atoms with Gasteiger partial charge in [-0.3, -0.25) is 9.35 Å². The van der Waals surface area contributed by atoms with Gasteiger partial charge in [0.25, 0.3) is 0 Å². The number of ether oxygens (including phenoxy) is 2. The van der Waals surface area contributed by atoms with Gasteiger partial charge in [-0.25, -0.2) is 4.18 Å². The molecule has 13 heteroatoms. The number of hydrogen-bond donors (Lipinski definition) is 6. The topological polar surface area (TPSA) is 192 Å². The quantitative estimate of drug-likeness (QED) is 0.0195. The molecule has 5 unspecified atom stereocenters. The molecule has 0 radical (unpaired) electrons. The van der Waals surface area contributed by atoms with Gasteiger partial charge in [0.2, 0.25) is 5.91 Å². The molecule has 1 rings (SSSR count). The summed E-state index contributed by atoms with van der Waals surface area (Å²) in [6.07, 6.45) is 32.8. The van der Waals surface area contributed by atoms with E-state index in [2.05, 4.69) is 23.3 Å². The van der Waals surface area contributed by atoms with Crippen molar-refractivity contribution in [1.82, 2.24) is 5.32 Å². The van der Waals surface area contributed by atoms with Gasteiger partial charge >= 0.3 is 10.4 Å². The van der Waals surface area contributed by atoms with Crippen molar-refractivity contribution in [3.05, 3.63) is 12.2 Å². The van der Waals surface area contributed by atoms with E-state index in [-0.39, 0.29) is 18.9 Å². The Labute approximate surface area is 360 Å². The first-order valence-electron chi connectivity index (χ1n) is 24.1. The normalized spacial score (nSPS) is 21.0. The summed E-state index contributed by atoms with van der Waals surface area (Å²) >= 11 is 0. The Morgan fingerprint density at radius 2 is 1.07 bits per heavy atom. The highest BCUT2D eigenvalue weighted by molar-refractivity contribution is 7.80. The maximum Gasteiger partial charge on any atom is 0.397 e. The van der Waals surface area contributed by atoms with Crippen LogP contribution in [0.15, 0.2) is 12.2 Å². The number of rotatable bonds is 41. The monoisotopic (exact) mass is 864 g/mol. The molecule has 0 aromatic rings. The molecular weight excluding hydrogens is 775 g/mol. The lowest BCUT2D eigenvalue weighted by Gasteiger charge is -2.41. The molecule has 1 saturated heterocycles. The van der Waals surface area contributed by atoms with Gasteiger partial charge in [-0.15, -0.1) is 0 Å². The smallest absolute Gasteiger partial charge is 0.394 e. The van der Waals surface area contributed by atoms with E-state index in [0.717, 1.165) is 44.9 Å². The second-order valence-corrected chi connectivity index (χ2v) is 18.1. The number of carbonyl (C=O) groups is 1. The van der Waals surface area contributed by atoms with Gasteiger partial charge in [0, 0.05) is 6.42 Å². The van der Waals surface area contributed by atoms with Gasteiger partial charge in [-0.1, -0.05) is 206 Å². The second-order valence-electron chi connectivity index (χ2n) is 17.1. The third-order valence-electron chi connectivity index (χ3n) is 11.6. The van der Waals surface area contributed by atoms with E-state index < -0.39 is 59.9 Å². The second kappa shape index (κ2) is 37.4. The number of carbonyl (C=O) groups excluding carboxylic acids is 1. The van der Waals surface area contributed by atoms with Crippen LogP contribution in [0.2, 0.25) is 0 Å².